The molecule has 0 bridgehead atoms. The van der Waals surface area contributed by atoms with Crippen LogP contribution >= 0.6 is 23.4 Å². The number of hydrogen-bond donors (Lipinski definition) is 3. The maximum absolute atomic E-state index is 13.1. The van der Waals surface area contributed by atoms with E-state index in [2.05, 4.69) is 15.6 Å². The summed E-state index contributed by atoms with van der Waals surface area (Å²) in [5.74, 6) is 0.510. The Morgan fingerprint density at radius 1 is 1.21 bits per heavy atom. The van der Waals surface area contributed by atoms with E-state index in [1.165, 1.54) is 10.6 Å². The standard InChI is InChI=1S/C22H22ClN5O4S2/c1-3-24-15-6-9-17-18(12-15)25-13(2)28(21(17)29)16-7-4-14(5-8-16)26-22(30)27-34(31,32)20-11-10-19(23)33-20/h4-9,11-12,19,24H,3,10H2,1-2H3,(H2,26,27,30). The zero-order chi connectivity index (χ0) is 24.5. The van der Waals surface area contributed by atoms with E-state index in [0.717, 1.165) is 24.0 Å². The largest absolute Gasteiger partial charge is 0.385 e. The van der Waals surface area contributed by atoms with Crippen molar-refractivity contribution in [2.24, 2.45) is 0 Å². The number of aryl methyl sites for hydroxylation is 1. The molecule has 0 fully saturated rings. The van der Waals surface area contributed by atoms with Gasteiger partial charge in [-0.2, -0.15) is 0 Å². The molecular formula is C22H22ClN5O4S2. The predicted molar refractivity (Wildman–Crippen MR) is 137 cm³/mol. The molecule has 9 nitrogen and oxygen atoms in total. The van der Waals surface area contributed by atoms with Gasteiger partial charge in [-0.15, -0.1) is 11.6 Å². The zero-order valence-electron chi connectivity index (χ0n) is 18.3. The van der Waals surface area contributed by atoms with Crippen LogP contribution < -0.4 is 20.9 Å². The number of aromatic nitrogens is 2. The van der Waals surface area contributed by atoms with Gasteiger partial charge < -0.3 is 10.6 Å². The first kappa shape index (κ1) is 24.1. The Morgan fingerprint density at radius 2 is 1.91 bits per heavy atom. The van der Waals surface area contributed by atoms with Gasteiger partial charge in [0.1, 0.15) is 10.1 Å². The molecule has 0 radical (unpaired) electrons. The van der Waals surface area contributed by atoms with Crippen LogP contribution in [0.25, 0.3) is 16.6 Å². The summed E-state index contributed by atoms with van der Waals surface area (Å²) >= 11 is 6.89. The highest BCUT2D eigenvalue weighted by molar-refractivity contribution is 8.19. The van der Waals surface area contributed by atoms with Gasteiger partial charge in [0.25, 0.3) is 15.6 Å². The Hall–Kier alpha value is -3.02. The number of rotatable bonds is 6. The van der Waals surface area contributed by atoms with Crippen LogP contribution in [0.2, 0.25) is 0 Å². The fraction of sp³-hybridized carbons (Fsp3) is 0.227. The first-order chi connectivity index (χ1) is 16.2. The Morgan fingerprint density at radius 3 is 2.56 bits per heavy atom. The fourth-order valence-electron chi connectivity index (χ4n) is 3.52. The summed E-state index contributed by atoms with van der Waals surface area (Å²) in [4.78, 5) is 29.9. The van der Waals surface area contributed by atoms with Crippen molar-refractivity contribution in [3.8, 4) is 5.69 Å². The Labute approximate surface area is 205 Å². The number of thioether (sulfide) groups is 1. The first-order valence-electron chi connectivity index (χ1n) is 10.4. The van der Waals surface area contributed by atoms with Crippen molar-refractivity contribution in [1.82, 2.24) is 14.3 Å². The van der Waals surface area contributed by atoms with Crippen molar-refractivity contribution < 1.29 is 13.2 Å². The van der Waals surface area contributed by atoms with E-state index in [9.17, 15) is 18.0 Å². The van der Waals surface area contributed by atoms with Crippen molar-refractivity contribution in [1.29, 1.82) is 0 Å². The number of carbonyl (C=O) groups is 1. The number of fused-ring (bicyclic) bond motifs is 1. The molecule has 0 spiro atoms. The van der Waals surface area contributed by atoms with Gasteiger partial charge in [-0.25, -0.2) is 22.9 Å². The van der Waals surface area contributed by atoms with Crippen LogP contribution in [0.1, 0.15) is 19.2 Å². The van der Waals surface area contributed by atoms with Gasteiger partial charge >= 0.3 is 6.03 Å². The molecule has 1 aliphatic rings. The lowest BCUT2D eigenvalue weighted by atomic mass is 10.2. The SMILES string of the molecule is CCNc1ccc2c(=O)n(-c3ccc(NC(=O)NS(=O)(=O)C4=CCC(Cl)S4)cc3)c(C)nc2c1. The quantitative estimate of drug-likeness (QED) is 0.419. The number of allylic oxidation sites excluding steroid dienone is 1. The number of alkyl halides is 1. The zero-order valence-corrected chi connectivity index (χ0v) is 20.7. The highest BCUT2D eigenvalue weighted by Gasteiger charge is 2.27. The molecule has 0 saturated heterocycles. The highest BCUT2D eigenvalue weighted by Crippen LogP contribution is 2.37. The number of sulfonamides is 1. The average molecular weight is 520 g/mol. The van der Waals surface area contributed by atoms with Crippen LogP contribution in [0, 0.1) is 6.92 Å². The van der Waals surface area contributed by atoms with Gasteiger partial charge in [-0.3, -0.25) is 9.36 Å². The van der Waals surface area contributed by atoms with Crippen LogP contribution in [-0.2, 0) is 10.0 Å². The van der Waals surface area contributed by atoms with Gasteiger partial charge in [0.15, 0.2) is 0 Å². The molecule has 2 aromatic carbocycles. The molecule has 178 valence electrons. The van der Waals surface area contributed by atoms with Crippen molar-refractivity contribution in [2.75, 3.05) is 17.2 Å². The molecule has 0 aliphatic carbocycles. The Balaban J connectivity index is 1.53. The molecule has 1 unspecified atom stereocenters. The lowest BCUT2D eigenvalue weighted by Crippen LogP contribution is -2.34. The van der Waals surface area contributed by atoms with Crippen LogP contribution in [-0.4, -0.2) is 35.3 Å². The smallest absolute Gasteiger partial charge is 0.333 e. The van der Waals surface area contributed by atoms with E-state index >= 15 is 0 Å². The molecular weight excluding hydrogens is 498 g/mol. The maximum atomic E-state index is 13.1. The highest BCUT2D eigenvalue weighted by atomic mass is 35.5. The third-order valence-corrected chi connectivity index (χ3v) is 8.40. The van der Waals surface area contributed by atoms with Gasteiger partial charge in [-0.05, 0) is 62.7 Å². The second-order valence-electron chi connectivity index (χ2n) is 7.46. The third-order valence-electron chi connectivity index (χ3n) is 5.01. The molecule has 3 N–H and O–H groups in total. The number of anilines is 2. The second kappa shape index (κ2) is 9.69. The Kier molecular flexibility index (Phi) is 6.87. The van der Waals surface area contributed by atoms with E-state index in [1.54, 1.807) is 37.3 Å². The van der Waals surface area contributed by atoms with Crippen molar-refractivity contribution >= 4 is 61.7 Å². The van der Waals surface area contributed by atoms with Crippen LogP contribution in [0.4, 0.5) is 16.2 Å². The number of amides is 2. The summed E-state index contributed by atoms with van der Waals surface area (Å²) < 4.78 is 27.7. The molecule has 4 rings (SSSR count). The van der Waals surface area contributed by atoms with Crippen LogP contribution in [0.15, 0.2) is 57.6 Å². The normalized spacial score (nSPS) is 15.7. The number of carbonyl (C=O) groups excluding carboxylic acids is 1. The van der Waals surface area contributed by atoms with Crippen LogP contribution in [0.5, 0.6) is 0 Å². The van der Waals surface area contributed by atoms with Gasteiger partial charge in [0.2, 0.25) is 0 Å². The van der Waals surface area contributed by atoms with Gasteiger partial charge in [0, 0.05) is 17.9 Å². The third kappa shape index (κ3) is 5.06. The number of nitrogens with one attached hydrogen (secondary N) is 3. The number of urea groups is 1. The monoisotopic (exact) mass is 519 g/mol. The molecule has 12 heteroatoms. The molecule has 3 aromatic rings. The number of halogens is 1. The topological polar surface area (TPSA) is 122 Å². The average Bonchev–Trinajstić information content (AvgIpc) is 3.22. The van der Waals surface area contributed by atoms with E-state index < -0.39 is 16.1 Å². The molecule has 2 amide bonds. The predicted octanol–water partition coefficient (Wildman–Crippen LogP) is 4.12. The minimum Gasteiger partial charge on any atom is -0.385 e. The molecule has 0 saturated carbocycles. The van der Waals surface area contributed by atoms with E-state index in [4.69, 9.17) is 11.6 Å². The molecule has 2 heterocycles. The van der Waals surface area contributed by atoms with Crippen molar-refractivity contribution in [2.45, 2.75) is 25.0 Å². The molecule has 34 heavy (non-hydrogen) atoms. The van der Waals surface area contributed by atoms with E-state index in [-0.39, 0.29) is 14.5 Å². The van der Waals surface area contributed by atoms with E-state index in [0.29, 0.717) is 34.5 Å². The summed E-state index contributed by atoms with van der Waals surface area (Å²) in [5, 5.41) is 6.17. The number of benzene rings is 2. The summed E-state index contributed by atoms with van der Waals surface area (Å²) in [5.41, 5.74) is 2.20. The van der Waals surface area contributed by atoms with Gasteiger partial charge in [-0.1, -0.05) is 17.8 Å². The molecule has 1 aromatic heterocycles. The number of hydrogen-bond acceptors (Lipinski definition) is 7. The minimum absolute atomic E-state index is 0.0225. The minimum atomic E-state index is -3.98. The number of nitrogens with zero attached hydrogens (tertiary/aromatic N) is 2. The van der Waals surface area contributed by atoms with E-state index in [1.807, 2.05) is 23.8 Å². The lowest BCUT2D eigenvalue weighted by molar-refractivity contribution is 0.256. The first-order valence-corrected chi connectivity index (χ1v) is 13.2. The van der Waals surface area contributed by atoms with Crippen LogP contribution in [0.3, 0.4) is 0 Å². The maximum Gasteiger partial charge on any atom is 0.333 e. The van der Waals surface area contributed by atoms with Gasteiger partial charge in [0.05, 0.1) is 21.3 Å². The molecule has 1 aliphatic heterocycles. The fourth-order valence-corrected chi connectivity index (χ4v) is 6.39. The summed E-state index contributed by atoms with van der Waals surface area (Å²) in [6.45, 7) is 4.49. The molecule has 1 atom stereocenters. The Bertz CT molecular complexity index is 1450. The summed E-state index contributed by atoms with van der Waals surface area (Å²) in [6.07, 6.45) is 1.89. The summed E-state index contributed by atoms with van der Waals surface area (Å²) in [6, 6.07) is 11.0. The van der Waals surface area contributed by atoms with Crippen molar-refractivity contribution in [3.05, 3.63) is 69.0 Å². The second-order valence-corrected chi connectivity index (χ2v) is 11.4. The summed E-state index contributed by atoms with van der Waals surface area (Å²) in [7, 11) is -3.98. The van der Waals surface area contributed by atoms with Crippen molar-refractivity contribution in [3.63, 3.8) is 0 Å². The lowest BCUT2D eigenvalue weighted by Gasteiger charge is -2.13.